The minimum Gasteiger partial charge on any atom is -0.338 e. The van der Waals surface area contributed by atoms with Crippen LogP contribution in [0.5, 0.6) is 0 Å². The number of rotatable bonds is 12. The van der Waals surface area contributed by atoms with Gasteiger partial charge in [0.05, 0.1) is 17.2 Å². The minimum atomic E-state index is -4.17. The van der Waals surface area contributed by atoms with E-state index in [-0.39, 0.29) is 24.7 Å². The second-order valence-corrected chi connectivity index (χ2v) is 14.5. The number of hydrogen-bond acceptors (Lipinski definition) is 3. The van der Waals surface area contributed by atoms with Gasteiger partial charge in [-0.05, 0) is 81.8 Å². The number of piperidine rings is 2. The minimum absolute atomic E-state index is 0.0878. The molecule has 2 atom stereocenters. The van der Waals surface area contributed by atoms with Crippen LogP contribution in [0.2, 0.25) is 5.15 Å². The molecule has 0 aliphatic carbocycles. The van der Waals surface area contributed by atoms with Crippen LogP contribution < -0.4 is 0 Å². The van der Waals surface area contributed by atoms with Crippen LogP contribution in [0.15, 0.2) is 0 Å². The molecule has 3 heterocycles. The zero-order valence-electron chi connectivity index (χ0n) is 26.4. The lowest BCUT2D eigenvalue weighted by molar-refractivity contribution is -0.178. The van der Waals surface area contributed by atoms with Gasteiger partial charge in [-0.25, -0.2) is 0 Å². The van der Waals surface area contributed by atoms with Gasteiger partial charge < -0.3 is 9.80 Å². The van der Waals surface area contributed by atoms with Gasteiger partial charge in [0.25, 0.3) is 5.91 Å². The lowest BCUT2D eigenvalue weighted by Gasteiger charge is -2.47. The molecule has 2 aliphatic rings. The molecule has 1 amide bonds. The number of alkyl halides is 3. The SMILES string of the molecule is CCCCCC(CCCC(C)c1nn(C)c(Cl)c1C(=O)N1CCC2(CCN(CCC(C)(C)C)CC2)CC1)C(F)(F)F. The summed E-state index contributed by atoms with van der Waals surface area (Å²) in [6.07, 6.45) is 5.06. The lowest BCUT2D eigenvalue weighted by Crippen LogP contribution is -2.48. The molecule has 2 fully saturated rings. The quantitative estimate of drug-likeness (QED) is 0.224. The number of nitrogens with zero attached hydrogens (tertiary/aromatic N) is 4. The number of aryl methyl sites for hydroxylation is 1. The molecule has 0 aromatic carbocycles. The molecular formula is C32H54ClF3N4O. The summed E-state index contributed by atoms with van der Waals surface area (Å²) in [6.45, 7) is 15.7. The first-order valence-corrected chi connectivity index (χ1v) is 16.3. The molecule has 2 unspecified atom stereocenters. The van der Waals surface area contributed by atoms with Gasteiger partial charge in [-0.3, -0.25) is 9.48 Å². The van der Waals surface area contributed by atoms with E-state index >= 15 is 0 Å². The first-order valence-electron chi connectivity index (χ1n) is 16.0. The van der Waals surface area contributed by atoms with Crippen LogP contribution >= 0.6 is 11.6 Å². The van der Waals surface area contributed by atoms with E-state index in [1.54, 1.807) is 7.05 Å². The highest BCUT2D eigenvalue weighted by Crippen LogP contribution is 2.42. The third-order valence-electron chi connectivity index (χ3n) is 9.70. The van der Waals surface area contributed by atoms with Crippen LogP contribution in [0, 0.1) is 16.7 Å². The van der Waals surface area contributed by atoms with Crippen molar-refractivity contribution in [3.8, 4) is 0 Å². The normalized spacial score (nSPS) is 20.0. The summed E-state index contributed by atoms with van der Waals surface area (Å²) in [5.41, 5.74) is 1.72. The zero-order chi connectivity index (χ0) is 30.4. The molecule has 0 bridgehead atoms. The van der Waals surface area contributed by atoms with Crippen molar-refractivity contribution in [3.05, 3.63) is 16.4 Å². The van der Waals surface area contributed by atoms with Crippen molar-refractivity contribution in [2.24, 2.45) is 23.8 Å². The fourth-order valence-corrected chi connectivity index (χ4v) is 6.79. The van der Waals surface area contributed by atoms with Gasteiger partial charge in [0.1, 0.15) is 5.15 Å². The predicted molar refractivity (Wildman–Crippen MR) is 161 cm³/mol. The number of aromatic nitrogens is 2. The number of amides is 1. The molecule has 1 spiro atoms. The van der Waals surface area contributed by atoms with Gasteiger partial charge in [0, 0.05) is 26.1 Å². The molecule has 0 N–H and O–H groups in total. The highest BCUT2D eigenvalue weighted by atomic mass is 35.5. The first kappa shape index (κ1) is 34.2. The number of unbranched alkanes of at least 4 members (excludes halogenated alkanes) is 2. The Morgan fingerprint density at radius 2 is 1.56 bits per heavy atom. The van der Waals surface area contributed by atoms with Crippen molar-refractivity contribution in [1.29, 1.82) is 0 Å². The number of carbonyl (C=O) groups is 1. The van der Waals surface area contributed by atoms with Gasteiger partial charge in [-0.1, -0.05) is 71.9 Å². The topological polar surface area (TPSA) is 41.4 Å². The second kappa shape index (κ2) is 14.5. The lowest BCUT2D eigenvalue weighted by atomic mass is 9.71. The second-order valence-electron chi connectivity index (χ2n) is 14.2. The van der Waals surface area contributed by atoms with E-state index < -0.39 is 12.1 Å². The van der Waals surface area contributed by atoms with Gasteiger partial charge in [0.15, 0.2) is 0 Å². The van der Waals surface area contributed by atoms with Crippen molar-refractivity contribution in [2.45, 2.75) is 124 Å². The molecule has 9 heteroatoms. The molecule has 1 aromatic heterocycles. The van der Waals surface area contributed by atoms with Crippen molar-refractivity contribution in [2.75, 3.05) is 32.7 Å². The van der Waals surface area contributed by atoms with Crippen LogP contribution in [-0.4, -0.2) is 64.4 Å². The van der Waals surface area contributed by atoms with E-state index in [4.69, 9.17) is 11.6 Å². The smallest absolute Gasteiger partial charge is 0.338 e. The summed E-state index contributed by atoms with van der Waals surface area (Å²) < 4.78 is 42.2. The predicted octanol–water partition coefficient (Wildman–Crippen LogP) is 8.86. The summed E-state index contributed by atoms with van der Waals surface area (Å²) in [6, 6.07) is 0. The first-order chi connectivity index (χ1) is 19.2. The van der Waals surface area contributed by atoms with Crippen molar-refractivity contribution >= 4 is 17.5 Å². The summed E-state index contributed by atoms with van der Waals surface area (Å²) in [7, 11) is 1.72. The summed E-state index contributed by atoms with van der Waals surface area (Å²) in [4.78, 5) is 18.3. The molecule has 5 nitrogen and oxygen atoms in total. The van der Waals surface area contributed by atoms with E-state index in [2.05, 4.69) is 30.8 Å². The molecule has 0 radical (unpaired) electrons. The highest BCUT2D eigenvalue weighted by molar-refractivity contribution is 6.33. The van der Waals surface area contributed by atoms with Crippen molar-refractivity contribution < 1.29 is 18.0 Å². The Labute approximate surface area is 251 Å². The maximum Gasteiger partial charge on any atom is 0.391 e. The van der Waals surface area contributed by atoms with Gasteiger partial charge in [-0.15, -0.1) is 0 Å². The summed E-state index contributed by atoms with van der Waals surface area (Å²) >= 11 is 6.61. The van der Waals surface area contributed by atoms with Gasteiger partial charge in [-0.2, -0.15) is 18.3 Å². The maximum absolute atomic E-state index is 13.8. The van der Waals surface area contributed by atoms with E-state index in [0.717, 1.165) is 45.3 Å². The number of halogens is 4. The Kier molecular flexibility index (Phi) is 12.1. The Morgan fingerprint density at radius 1 is 0.976 bits per heavy atom. The fourth-order valence-electron chi connectivity index (χ4n) is 6.57. The summed E-state index contributed by atoms with van der Waals surface area (Å²) in [5, 5.41) is 4.89. The van der Waals surface area contributed by atoms with Crippen molar-refractivity contribution in [1.82, 2.24) is 19.6 Å². The molecule has 236 valence electrons. The number of hydrogen-bond donors (Lipinski definition) is 0. The molecule has 1 aromatic rings. The molecule has 3 rings (SSSR count). The standard InChI is InChI=1S/C32H54ClF3N4O/c1-7-8-9-12-25(32(34,35)36)13-10-11-24(2)27-26(28(33)38(6)37-27)29(41)40-22-17-31(18-23-40)15-20-39(21-16-31)19-14-30(3,4)5/h24-25H,7-23H2,1-6H3. The fraction of sp³-hybridized carbons (Fsp3) is 0.875. The average Bonchev–Trinajstić information content (AvgIpc) is 3.20. The maximum atomic E-state index is 13.8. The Morgan fingerprint density at radius 3 is 2.12 bits per heavy atom. The van der Waals surface area contributed by atoms with Gasteiger partial charge >= 0.3 is 6.18 Å². The molecule has 2 saturated heterocycles. The van der Waals surface area contributed by atoms with Crippen molar-refractivity contribution in [3.63, 3.8) is 0 Å². The average molecular weight is 603 g/mol. The number of likely N-dealkylation sites (tertiary alicyclic amines) is 2. The van der Waals surface area contributed by atoms with Crippen LogP contribution in [0.1, 0.15) is 134 Å². The number of carbonyl (C=O) groups excluding carboxylic acids is 1. The largest absolute Gasteiger partial charge is 0.391 e. The Bertz CT molecular complexity index is 969. The van der Waals surface area contributed by atoms with Crippen LogP contribution in [0.4, 0.5) is 13.2 Å². The van der Waals surface area contributed by atoms with E-state index in [1.807, 2.05) is 18.7 Å². The van der Waals surface area contributed by atoms with Crippen LogP contribution in [0.25, 0.3) is 0 Å². The summed E-state index contributed by atoms with van der Waals surface area (Å²) in [5.74, 6) is -1.50. The van der Waals surface area contributed by atoms with Crippen LogP contribution in [0.3, 0.4) is 0 Å². The van der Waals surface area contributed by atoms with Gasteiger partial charge in [0.2, 0.25) is 0 Å². The zero-order valence-corrected chi connectivity index (χ0v) is 27.1. The molecule has 41 heavy (non-hydrogen) atoms. The molecule has 0 saturated carbocycles. The third kappa shape index (κ3) is 9.61. The van der Waals surface area contributed by atoms with E-state index in [9.17, 15) is 18.0 Å². The molecular weight excluding hydrogens is 549 g/mol. The Hall–Kier alpha value is -1.28. The van der Waals surface area contributed by atoms with Crippen LogP contribution in [-0.2, 0) is 7.05 Å². The highest BCUT2D eigenvalue weighted by Gasteiger charge is 2.41. The Balaban J connectivity index is 1.56. The van der Waals surface area contributed by atoms with E-state index in [0.29, 0.717) is 59.6 Å². The molecule has 2 aliphatic heterocycles. The monoisotopic (exact) mass is 602 g/mol. The third-order valence-corrected chi connectivity index (χ3v) is 10.1. The van der Waals surface area contributed by atoms with E-state index in [1.165, 1.54) is 23.9 Å².